The van der Waals surface area contributed by atoms with Crippen LogP contribution in [0.3, 0.4) is 0 Å². The molecular formula is C14H26N4OS. The molecule has 0 aromatic carbocycles. The van der Waals surface area contributed by atoms with Gasteiger partial charge in [-0.3, -0.25) is 4.79 Å². The summed E-state index contributed by atoms with van der Waals surface area (Å²) in [5.74, 6) is 0.931. The molecule has 6 heteroatoms. The van der Waals surface area contributed by atoms with E-state index in [1.807, 2.05) is 18.9 Å². The number of amides is 1. The smallest absolute Gasteiger partial charge is 0.265 e. The van der Waals surface area contributed by atoms with Gasteiger partial charge in [-0.15, -0.1) is 0 Å². The lowest BCUT2D eigenvalue weighted by molar-refractivity contribution is 0.0957. The number of carbonyl (C=O) groups excluding carboxylic acids is 1. The van der Waals surface area contributed by atoms with E-state index in [1.54, 1.807) is 0 Å². The number of carbonyl (C=O) groups is 1. The van der Waals surface area contributed by atoms with Crippen LogP contribution in [0.25, 0.3) is 0 Å². The van der Waals surface area contributed by atoms with Crippen LogP contribution in [-0.2, 0) is 0 Å². The summed E-state index contributed by atoms with van der Waals surface area (Å²) in [6.07, 6.45) is 3.34. The number of nitrogens with one attached hydrogen (secondary N) is 1. The minimum atomic E-state index is -0.111. The molecule has 20 heavy (non-hydrogen) atoms. The number of unbranched alkanes of at least 4 members (excludes halogenated alkanes) is 1. The van der Waals surface area contributed by atoms with E-state index < -0.39 is 0 Å². The van der Waals surface area contributed by atoms with E-state index in [0.29, 0.717) is 17.2 Å². The standard InChI is InChI=1S/C14H26N4OS/c1-5-18(4)14-17-12(15)11(20-14)13(19)16-9-7-6-8-10(2)3/h10H,5-9,15H2,1-4H3,(H,16,19). The van der Waals surface area contributed by atoms with Crippen LogP contribution < -0.4 is 16.0 Å². The fourth-order valence-electron chi connectivity index (χ4n) is 1.74. The second-order valence-electron chi connectivity index (χ2n) is 5.37. The number of hydrogen-bond donors (Lipinski definition) is 2. The van der Waals surface area contributed by atoms with Gasteiger partial charge in [-0.2, -0.15) is 0 Å². The number of nitrogens with two attached hydrogens (primary N) is 1. The molecule has 114 valence electrons. The summed E-state index contributed by atoms with van der Waals surface area (Å²) in [5.41, 5.74) is 5.82. The molecule has 0 atom stereocenters. The molecule has 1 amide bonds. The number of nitrogen functional groups attached to an aromatic ring is 1. The van der Waals surface area contributed by atoms with E-state index in [9.17, 15) is 4.79 Å². The van der Waals surface area contributed by atoms with Crippen LogP contribution in [0.1, 0.15) is 49.7 Å². The molecule has 1 heterocycles. The normalized spacial score (nSPS) is 10.8. The zero-order chi connectivity index (χ0) is 15.1. The monoisotopic (exact) mass is 298 g/mol. The zero-order valence-electron chi connectivity index (χ0n) is 12.9. The van der Waals surface area contributed by atoms with Crippen LogP contribution in [0.2, 0.25) is 0 Å². The molecule has 0 spiro atoms. The van der Waals surface area contributed by atoms with E-state index in [2.05, 4.69) is 24.1 Å². The number of rotatable bonds is 8. The predicted molar refractivity (Wildman–Crippen MR) is 86.5 cm³/mol. The Labute approximate surface area is 125 Å². The van der Waals surface area contributed by atoms with E-state index >= 15 is 0 Å². The molecule has 0 aliphatic carbocycles. The van der Waals surface area contributed by atoms with E-state index in [-0.39, 0.29) is 5.91 Å². The third-order valence-corrected chi connectivity index (χ3v) is 4.33. The van der Waals surface area contributed by atoms with Gasteiger partial charge in [0.05, 0.1) is 0 Å². The third-order valence-electron chi connectivity index (χ3n) is 3.14. The Hall–Kier alpha value is -1.30. The van der Waals surface area contributed by atoms with Crippen LogP contribution in [0, 0.1) is 5.92 Å². The Kier molecular flexibility index (Phi) is 6.78. The van der Waals surface area contributed by atoms with E-state index in [0.717, 1.165) is 30.4 Å². The van der Waals surface area contributed by atoms with Crippen molar-refractivity contribution in [2.45, 2.75) is 40.0 Å². The van der Waals surface area contributed by atoms with Crippen LogP contribution >= 0.6 is 11.3 Å². The summed E-state index contributed by atoms with van der Waals surface area (Å²) in [7, 11) is 1.94. The molecule has 0 aliphatic rings. The fourth-order valence-corrected chi connectivity index (χ4v) is 2.67. The van der Waals surface area contributed by atoms with Crippen molar-refractivity contribution in [3.63, 3.8) is 0 Å². The molecule has 0 aliphatic heterocycles. The zero-order valence-corrected chi connectivity index (χ0v) is 13.7. The van der Waals surface area contributed by atoms with Crippen molar-refractivity contribution in [2.75, 3.05) is 30.8 Å². The highest BCUT2D eigenvalue weighted by Gasteiger charge is 2.17. The number of anilines is 2. The highest BCUT2D eigenvalue weighted by Crippen LogP contribution is 2.27. The summed E-state index contributed by atoms with van der Waals surface area (Å²) < 4.78 is 0. The average molecular weight is 298 g/mol. The summed E-state index contributed by atoms with van der Waals surface area (Å²) in [5, 5.41) is 3.70. The molecule has 3 N–H and O–H groups in total. The van der Waals surface area contributed by atoms with Gasteiger partial charge in [0.2, 0.25) is 0 Å². The van der Waals surface area contributed by atoms with Gasteiger partial charge in [0.1, 0.15) is 10.7 Å². The van der Waals surface area contributed by atoms with Crippen molar-refractivity contribution in [3.8, 4) is 0 Å². The number of hydrogen-bond acceptors (Lipinski definition) is 5. The summed E-state index contributed by atoms with van der Waals surface area (Å²) in [4.78, 5) is 18.8. The second kappa shape index (κ2) is 8.09. The Bertz CT molecular complexity index is 431. The van der Waals surface area contributed by atoms with Crippen molar-refractivity contribution >= 4 is 28.2 Å². The minimum absolute atomic E-state index is 0.111. The predicted octanol–water partition coefficient (Wildman–Crippen LogP) is 2.74. The minimum Gasteiger partial charge on any atom is -0.382 e. The number of nitrogens with zero attached hydrogens (tertiary/aromatic N) is 2. The van der Waals surface area contributed by atoms with Crippen molar-refractivity contribution < 1.29 is 4.79 Å². The lowest BCUT2D eigenvalue weighted by Gasteiger charge is -2.10. The molecule has 0 saturated heterocycles. The quantitative estimate of drug-likeness (QED) is 0.724. The van der Waals surface area contributed by atoms with Gasteiger partial charge in [-0.1, -0.05) is 38.0 Å². The van der Waals surface area contributed by atoms with Crippen LogP contribution in [-0.4, -0.2) is 31.0 Å². The van der Waals surface area contributed by atoms with Gasteiger partial charge >= 0.3 is 0 Å². The molecule has 5 nitrogen and oxygen atoms in total. The van der Waals surface area contributed by atoms with Gasteiger partial charge in [0, 0.05) is 20.1 Å². The number of aromatic nitrogens is 1. The molecule has 0 bridgehead atoms. The van der Waals surface area contributed by atoms with Crippen LogP contribution in [0.15, 0.2) is 0 Å². The van der Waals surface area contributed by atoms with Gasteiger partial charge in [-0.25, -0.2) is 4.98 Å². The van der Waals surface area contributed by atoms with E-state index in [4.69, 9.17) is 5.73 Å². The van der Waals surface area contributed by atoms with Gasteiger partial charge in [0.25, 0.3) is 5.91 Å². The Balaban J connectivity index is 2.45. The van der Waals surface area contributed by atoms with Crippen molar-refractivity contribution in [2.24, 2.45) is 5.92 Å². The van der Waals surface area contributed by atoms with Gasteiger partial charge in [-0.05, 0) is 19.3 Å². The maximum atomic E-state index is 12.0. The summed E-state index contributed by atoms with van der Waals surface area (Å²) >= 11 is 1.35. The fraction of sp³-hybridized carbons (Fsp3) is 0.714. The summed E-state index contributed by atoms with van der Waals surface area (Å²) in [6, 6.07) is 0. The first kappa shape index (κ1) is 16.8. The first-order valence-corrected chi connectivity index (χ1v) is 8.03. The SMILES string of the molecule is CCN(C)c1nc(N)c(C(=O)NCCCCC(C)C)s1. The largest absolute Gasteiger partial charge is 0.382 e. The first-order valence-electron chi connectivity index (χ1n) is 7.21. The lowest BCUT2D eigenvalue weighted by Crippen LogP contribution is -2.24. The highest BCUT2D eigenvalue weighted by molar-refractivity contribution is 7.18. The maximum absolute atomic E-state index is 12.0. The van der Waals surface area contributed by atoms with Gasteiger partial charge in [0.15, 0.2) is 5.13 Å². The lowest BCUT2D eigenvalue weighted by atomic mass is 10.1. The Morgan fingerprint density at radius 1 is 1.45 bits per heavy atom. The average Bonchev–Trinajstić information content (AvgIpc) is 2.79. The Morgan fingerprint density at radius 3 is 2.75 bits per heavy atom. The molecule has 1 aromatic rings. The van der Waals surface area contributed by atoms with Crippen molar-refractivity contribution in [1.82, 2.24) is 10.3 Å². The third kappa shape index (κ3) is 5.00. The van der Waals surface area contributed by atoms with Crippen molar-refractivity contribution in [3.05, 3.63) is 4.88 Å². The maximum Gasteiger partial charge on any atom is 0.265 e. The highest BCUT2D eigenvalue weighted by atomic mass is 32.1. The second-order valence-corrected chi connectivity index (χ2v) is 6.35. The van der Waals surface area contributed by atoms with Crippen molar-refractivity contribution in [1.29, 1.82) is 0 Å². The molecule has 0 fully saturated rings. The molecular weight excluding hydrogens is 272 g/mol. The number of thiazole rings is 1. The molecule has 0 unspecified atom stereocenters. The molecule has 0 radical (unpaired) electrons. The van der Waals surface area contributed by atoms with Crippen LogP contribution in [0.4, 0.5) is 10.9 Å². The summed E-state index contributed by atoms with van der Waals surface area (Å²) in [6.45, 7) is 7.99. The first-order chi connectivity index (χ1) is 9.45. The van der Waals surface area contributed by atoms with Gasteiger partial charge < -0.3 is 16.0 Å². The van der Waals surface area contributed by atoms with E-state index in [1.165, 1.54) is 17.8 Å². The molecule has 1 aromatic heterocycles. The Morgan fingerprint density at radius 2 is 2.15 bits per heavy atom. The topological polar surface area (TPSA) is 71.2 Å². The van der Waals surface area contributed by atoms with Crippen LogP contribution in [0.5, 0.6) is 0 Å². The molecule has 1 rings (SSSR count). The molecule has 0 saturated carbocycles.